The number of nitrogens with one attached hydrogen (secondary N) is 1. The lowest BCUT2D eigenvalue weighted by Crippen LogP contribution is -2.13. The van der Waals surface area contributed by atoms with Crippen LogP contribution in [0, 0.1) is 5.82 Å². The number of hydrogen-bond donors (Lipinski definition) is 1. The molecule has 4 rings (SSSR count). The molecule has 9 heteroatoms. The fourth-order valence-electron chi connectivity index (χ4n) is 2.78. The molecule has 0 unspecified atom stereocenters. The fraction of sp³-hybridized carbons (Fsp3) is 0.0455. The Balaban J connectivity index is 1.66. The summed E-state index contributed by atoms with van der Waals surface area (Å²) in [7, 11) is -3.85. The first-order chi connectivity index (χ1) is 14.9. The molecule has 0 saturated heterocycles. The number of thiazole rings is 1. The van der Waals surface area contributed by atoms with Crippen LogP contribution >= 0.6 is 22.9 Å². The van der Waals surface area contributed by atoms with E-state index in [1.165, 1.54) is 35.6 Å². The lowest BCUT2D eigenvalue weighted by Gasteiger charge is -2.08. The first-order valence-electron chi connectivity index (χ1n) is 9.12. The van der Waals surface area contributed by atoms with Crippen molar-refractivity contribution in [1.29, 1.82) is 0 Å². The molecule has 4 aromatic rings. The molecule has 0 aliphatic heterocycles. The van der Waals surface area contributed by atoms with Crippen LogP contribution in [0.3, 0.4) is 0 Å². The van der Waals surface area contributed by atoms with Gasteiger partial charge in [-0.05, 0) is 48.0 Å². The van der Waals surface area contributed by atoms with Crippen molar-refractivity contribution in [3.8, 4) is 16.2 Å². The van der Waals surface area contributed by atoms with Crippen molar-refractivity contribution in [2.24, 2.45) is 0 Å². The van der Waals surface area contributed by atoms with E-state index in [-0.39, 0.29) is 23.1 Å². The molecule has 5 nitrogen and oxygen atoms in total. The molecule has 158 valence electrons. The molecule has 1 aromatic heterocycles. The van der Waals surface area contributed by atoms with Gasteiger partial charge in [0, 0.05) is 5.02 Å². The smallest absolute Gasteiger partial charge is 0.263 e. The van der Waals surface area contributed by atoms with Crippen molar-refractivity contribution in [2.45, 2.75) is 11.5 Å². The fourth-order valence-corrected chi connectivity index (χ4v) is 5.00. The highest BCUT2D eigenvalue weighted by atomic mass is 35.5. The predicted octanol–water partition coefficient (Wildman–Crippen LogP) is 5.98. The number of anilines is 1. The van der Waals surface area contributed by atoms with E-state index in [0.717, 1.165) is 0 Å². The van der Waals surface area contributed by atoms with Gasteiger partial charge in [-0.1, -0.05) is 48.0 Å². The maximum Gasteiger partial charge on any atom is 0.263 e. The summed E-state index contributed by atoms with van der Waals surface area (Å²) in [5.41, 5.74) is 0.638. The summed E-state index contributed by atoms with van der Waals surface area (Å²) < 4.78 is 47.3. The molecule has 1 N–H and O–H groups in total. The Morgan fingerprint density at radius 2 is 1.74 bits per heavy atom. The molecule has 0 aliphatic rings. The summed E-state index contributed by atoms with van der Waals surface area (Å²) in [5, 5.41) is 1.09. The molecule has 1 heterocycles. The van der Waals surface area contributed by atoms with Gasteiger partial charge in [-0.3, -0.25) is 4.72 Å². The van der Waals surface area contributed by atoms with E-state index >= 15 is 0 Å². The van der Waals surface area contributed by atoms with Gasteiger partial charge >= 0.3 is 0 Å². The molecule has 3 aromatic carbocycles. The Kier molecular flexibility index (Phi) is 6.22. The third-order valence-electron chi connectivity index (χ3n) is 4.22. The van der Waals surface area contributed by atoms with E-state index in [9.17, 15) is 12.8 Å². The summed E-state index contributed by atoms with van der Waals surface area (Å²) in [5.74, 6) is 0.340. The van der Waals surface area contributed by atoms with E-state index in [2.05, 4.69) is 9.71 Å². The topological polar surface area (TPSA) is 68.3 Å². The number of rotatable bonds is 7. The monoisotopic (exact) mass is 474 g/mol. The number of nitrogens with zero attached hydrogens (tertiary/aromatic N) is 1. The second-order valence-corrected chi connectivity index (χ2v) is 9.66. The minimum absolute atomic E-state index is 0.116. The Hall–Kier alpha value is -2.94. The number of benzene rings is 3. The number of aromatic nitrogens is 1. The normalized spacial score (nSPS) is 11.3. The molecule has 0 amide bonds. The Morgan fingerprint density at radius 1 is 1.00 bits per heavy atom. The van der Waals surface area contributed by atoms with Gasteiger partial charge in [-0.2, -0.15) is 0 Å². The highest BCUT2D eigenvalue weighted by Gasteiger charge is 2.21. The van der Waals surface area contributed by atoms with E-state index in [4.69, 9.17) is 16.3 Å². The molecule has 0 atom stereocenters. The van der Waals surface area contributed by atoms with E-state index in [1.807, 2.05) is 0 Å². The van der Waals surface area contributed by atoms with Crippen molar-refractivity contribution >= 4 is 38.8 Å². The van der Waals surface area contributed by atoms with Crippen LogP contribution < -0.4 is 9.46 Å². The molecule has 0 radical (unpaired) electrons. The number of halogens is 2. The Morgan fingerprint density at radius 3 is 2.45 bits per heavy atom. The number of ether oxygens (including phenoxy) is 1. The van der Waals surface area contributed by atoms with Crippen LogP contribution in [0.2, 0.25) is 5.02 Å². The molecule has 0 aliphatic carbocycles. The van der Waals surface area contributed by atoms with E-state index in [0.29, 0.717) is 26.2 Å². The lowest BCUT2D eigenvalue weighted by molar-refractivity contribution is 0.305. The van der Waals surface area contributed by atoms with E-state index < -0.39 is 10.0 Å². The molecule has 0 fully saturated rings. The minimum atomic E-state index is -3.85. The molecule has 31 heavy (non-hydrogen) atoms. The second-order valence-electron chi connectivity index (χ2n) is 6.46. The maximum absolute atomic E-state index is 13.4. The zero-order valence-electron chi connectivity index (χ0n) is 16.0. The van der Waals surface area contributed by atoms with Crippen molar-refractivity contribution in [3.63, 3.8) is 0 Å². The molecule has 0 bridgehead atoms. The van der Waals surface area contributed by atoms with Crippen molar-refractivity contribution < 1.29 is 17.5 Å². The third kappa shape index (κ3) is 5.22. The summed E-state index contributed by atoms with van der Waals surface area (Å²) in [6, 6.07) is 20.7. The second kappa shape index (κ2) is 9.05. The summed E-state index contributed by atoms with van der Waals surface area (Å²) in [6.45, 7) is 0.117. The van der Waals surface area contributed by atoms with Crippen LogP contribution in [0.5, 0.6) is 5.75 Å². The minimum Gasteiger partial charge on any atom is -0.486 e. The summed E-state index contributed by atoms with van der Waals surface area (Å²) in [4.78, 5) is 5.11. The third-order valence-corrected chi connectivity index (χ3v) is 6.89. The van der Waals surface area contributed by atoms with Gasteiger partial charge in [0.25, 0.3) is 10.0 Å². The van der Waals surface area contributed by atoms with Crippen molar-refractivity contribution in [2.75, 3.05) is 4.72 Å². The maximum atomic E-state index is 13.4. The van der Waals surface area contributed by atoms with Gasteiger partial charge < -0.3 is 4.74 Å². The van der Waals surface area contributed by atoms with Crippen LogP contribution in [-0.4, -0.2) is 13.4 Å². The largest absolute Gasteiger partial charge is 0.486 e. The first-order valence-corrected chi connectivity index (χ1v) is 11.8. The van der Waals surface area contributed by atoms with Crippen LogP contribution in [0.15, 0.2) is 83.8 Å². The first kappa shape index (κ1) is 21.3. The van der Waals surface area contributed by atoms with Crippen LogP contribution in [0.4, 0.5) is 10.2 Å². The number of sulfonamides is 1. The van der Waals surface area contributed by atoms with Crippen molar-refractivity contribution in [3.05, 3.63) is 94.7 Å². The standard InChI is InChI=1S/C22H16ClFN2O3S2/c23-16-5-4-6-18(13-16)29-14-20-25-22(21(30-20)15-9-11-17(24)12-10-15)26-31(27,28)19-7-2-1-3-8-19/h1-13,26H,14H2. The molecular weight excluding hydrogens is 459 g/mol. The van der Waals surface area contributed by atoms with Gasteiger partial charge in [0.15, 0.2) is 5.82 Å². The van der Waals surface area contributed by atoms with Crippen LogP contribution in [-0.2, 0) is 16.6 Å². The van der Waals surface area contributed by atoms with Gasteiger partial charge in [-0.15, -0.1) is 11.3 Å². The van der Waals surface area contributed by atoms with Gasteiger partial charge in [0.2, 0.25) is 0 Å². The van der Waals surface area contributed by atoms with Gasteiger partial charge in [0.1, 0.15) is 23.2 Å². The molecule has 0 saturated carbocycles. The zero-order valence-corrected chi connectivity index (χ0v) is 18.3. The quantitative estimate of drug-likeness (QED) is 0.357. The van der Waals surface area contributed by atoms with E-state index in [1.54, 1.807) is 54.6 Å². The zero-order chi connectivity index (χ0) is 21.8. The highest BCUT2D eigenvalue weighted by molar-refractivity contribution is 7.92. The predicted molar refractivity (Wildman–Crippen MR) is 121 cm³/mol. The average molecular weight is 475 g/mol. The lowest BCUT2D eigenvalue weighted by atomic mass is 10.2. The van der Waals surface area contributed by atoms with Gasteiger partial charge in [-0.25, -0.2) is 17.8 Å². The number of hydrogen-bond acceptors (Lipinski definition) is 5. The average Bonchev–Trinajstić information content (AvgIpc) is 3.15. The van der Waals surface area contributed by atoms with Gasteiger partial charge in [0.05, 0.1) is 9.77 Å². The summed E-state index contributed by atoms with van der Waals surface area (Å²) >= 11 is 7.24. The summed E-state index contributed by atoms with van der Waals surface area (Å²) in [6.07, 6.45) is 0. The highest BCUT2D eigenvalue weighted by Crippen LogP contribution is 2.36. The van der Waals surface area contributed by atoms with Crippen LogP contribution in [0.1, 0.15) is 5.01 Å². The molecule has 0 spiro atoms. The Bertz CT molecular complexity index is 1290. The van der Waals surface area contributed by atoms with Crippen molar-refractivity contribution in [1.82, 2.24) is 4.98 Å². The SMILES string of the molecule is O=S(=O)(Nc1nc(COc2cccc(Cl)c2)sc1-c1ccc(F)cc1)c1ccccc1. The Labute approximate surface area is 188 Å². The van der Waals surface area contributed by atoms with Crippen LogP contribution in [0.25, 0.3) is 10.4 Å². The molecular formula is C22H16ClFN2O3S2.